The number of ether oxygens (including phenoxy) is 2. The molecule has 0 aromatic rings. The number of esters is 2. The summed E-state index contributed by atoms with van der Waals surface area (Å²) in [6.07, 6.45) is 15.6. The van der Waals surface area contributed by atoms with Crippen molar-refractivity contribution in [3.63, 3.8) is 0 Å². The van der Waals surface area contributed by atoms with Crippen LogP contribution in [0.4, 0.5) is 0 Å². The average Bonchev–Trinajstić information content (AvgIpc) is 3.41. The van der Waals surface area contributed by atoms with E-state index >= 15 is 0 Å². The van der Waals surface area contributed by atoms with Crippen LogP contribution in [0.1, 0.15) is 139 Å². The van der Waals surface area contributed by atoms with Gasteiger partial charge in [0.25, 0.3) is 0 Å². The van der Waals surface area contributed by atoms with Gasteiger partial charge in [0.05, 0.1) is 18.9 Å². The van der Waals surface area contributed by atoms with Crippen molar-refractivity contribution < 1.29 is 30.0 Å². The third-order valence-corrected chi connectivity index (χ3v) is 12.8. The summed E-state index contributed by atoms with van der Waals surface area (Å²) in [6.45, 7) is 12.0. The Morgan fingerprint density at radius 2 is 1.68 bits per heavy atom. The Kier molecular flexibility index (Phi) is 12.5. The molecule has 0 spiro atoms. The van der Waals surface area contributed by atoms with Crippen LogP contribution < -0.4 is 10.6 Å². The van der Waals surface area contributed by atoms with Gasteiger partial charge < -0.3 is 20.1 Å². The molecule has 8 nitrogen and oxygen atoms in total. The minimum atomic E-state index is -0.679. The summed E-state index contributed by atoms with van der Waals surface area (Å²) >= 11 is 0. The number of carbonyl (C=O) groups excluding carboxylic acids is 4. The van der Waals surface area contributed by atoms with Crippen molar-refractivity contribution in [1.29, 1.82) is 0 Å². The Morgan fingerprint density at radius 3 is 2.40 bits per heavy atom. The van der Waals surface area contributed by atoms with Crippen LogP contribution in [0.25, 0.3) is 0 Å². The molecule has 3 fully saturated rings. The van der Waals surface area contributed by atoms with E-state index in [0.29, 0.717) is 11.3 Å². The monoisotopic (exact) mass is 657 g/mol. The molecule has 3 saturated carbocycles. The summed E-state index contributed by atoms with van der Waals surface area (Å²) < 4.78 is 18.7. The van der Waals surface area contributed by atoms with Gasteiger partial charge in [-0.25, -0.2) is 0 Å². The van der Waals surface area contributed by atoms with Crippen molar-refractivity contribution in [2.45, 2.75) is 150 Å². The third-order valence-electron chi connectivity index (χ3n) is 12.8. The summed E-state index contributed by atoms with van der Waals surface area (Å²) in [5, 5.41) is 5.10. The maximum Gasteiger partial charge on any atom is 0.306 e. The van der Waals surface area contributed by atoms with E-state index in [-0.39, 0.29) is 68.5 Å². The number of carbonyl (C=O) groups is 4. The minimum absolute atomic E-state index is 0.0204. The highest BCUT2D eigenvalue weighted by Crippen LogP contribution is 2.67. The maximum absolute atomic E-state index is 12.8. The van der Waals surface area contributed by atoms with Gasteiger partial charge in [-0.3, -0.25) is 19.2 Å². The first kappa shape index (κ1) is 35.9. The Labute approximate surface area is 285 Å². The van der Waals surface area contributed by atoms with Gasteiger partial charge >= 0.3 is 11.9 Å². The Bertz CT molecular complexity index is 1170. The molecule has 0 bridgehead atoms. The number of nitrogens with one attached hydrogen (secondary N) is 2. The van der Waals surface area contributed by atoms with Gasteiger partial charge in [-0.15, -0.1) is 0 Å². The van der Waals surface area contributed by atoms with Gasteiger partial charge in [-0.05, 0) is 98.2 Å². The predicted octanol–water partition coefficient (Wildman–Crippen LogP) is 7.29. The first-order valence-electron chi connectivity index (χ1n) is 19.3. The molecule has 0 radical (unpaired) electrons. The van der Waals surface area contributed by atoms with Crippen molar-refractivity contribution >= 4 is 23.8 Å². The van der Waals surface area contributed by atoms with Crippen molar-refractivity contribution in [2.75, 3.05) is 13.7 Å². The van der Waals surface area contributed by atoms with Crippen LogP contribution in [0.3, 0.4) is 0 Å². The summed E-state index contributed by atoms with van der Waals surface area (Å²) in [5.41, 5.74) is 2.14. The van der Waals surface area contributed by atoms with Crippen LogP contribution in [0.2, 0.25) is 0 Å². The number of amides is 2. The van der Waals surface area contributed by atoms with Crippen LogP contribution >= 0.6 is 0 Å². The molecular formula is C39H64N2O6. The highest BCUT2D eigenvalue weighted by molar-refractivity contribution is 5.82. The molecule has 266 valence electrons. The van der Waals surface area contributed by atoms with Crippen LogP contribution in [0.15, 0.2) is 11.6 Å². The third kappa shape index (κ3) is 9.20. The molecule has 47 heavy (non-hydrogen) atoms. The fourth-order valence-electron chi connectivity index (χ4n) is 10.2. The number of hydrogen-bond acceptors (Lipinski definition) is 6. The number of allylic oxidation sites excluding steroid dienone is 1. The van der Waals surface area contributed by atoms with Gasteiger partial charge in [0, 0.05) is 27.7 Å². The molecule has 4 rings (SSSR count). The van der Waals surface area contributed by atoms with E-state index in [1.54, 1.807) is 0 Å². The van der Waals surface area contributed by atoms with E-state index < -0.39 is 12.0 Å². The summed E-state index contributed by atoms with van der Waals surface area (Å²) in [7, 11) is 1.49. The zero-order valence-electron chi connectivity index (χ0n) is 31.2. The molecule has 0 aliphatic heterocycles. The molecule has 4 unspecified atom stereocenters. The fourth-order valence-corrected chi connectivity index (χ4v) is 10.2. The van der Waals surface area contributed by atoms with E-state index in [2.05, 4.69) is 51.3 Å². The Morgan fingerprint density at radius 1 is 0.936 bits per heavy atom. The molecule has 0 aromatic heterocycles. The topological polar surface area (TPSA) is 111 Å². The molecule has 2 N–H and O–H groups in total. The fraction of sp³-hybridized carbons (Fsp3) is 0.846. The van der Waals surface area contributed by atoms with E-state index in [1.807, 2.05) is 0 Å². The van der Waals surface area contributed by atoms with Gasteiger partial charge in [-0.2, -0.15) is 0 Å². The van der Waals surface area contributed by atoms with E-state index in [4.69, 9.17) is 10.8 Å². The molecule has 2 amide bonds. The quantitative estimate of drug-likeness (QED) is 0.141. The van der Waals surface area contributed by atoms with Crippen LogP contribution in [0.5, 0.6) is 0 Å². The highest BCUT2D eigenvalue weighted by atomic mass is 16.5. The molecule has 4 aliphatic carbocycles. The van der Waals surface area contributed by atoms with Crippen molar-refractivity contribution in [3.05, 3.63) is 11.6 Å². The first-order chi connectivity index (χ1) is 22.8. The lowest BCUT2D eigenvalue weighted by molar-refractivity contribution is -0.152. The van der Waals surface area contributed by atoms with Crippen LogP contribution in [0, 0.1) is 46.3 Å². The summed E-state index contributed by atoms with van der Waals surface area (Å²) in [5.74, 6) is 3.18. The van der Waals surface area contributed by atoms with Crippen molar-refractivity contribution in [3.8, 4) is 0 Å². The lowest BCUT2D eigenvalue weighted by Crippen LogP contribution is -2.51. The number of rotatable bonds is 15. The van der Waals surface area contributed by atoms with Gasteiger partial charge in [-0.1, -0.05) is 65.5 Å². The van der Waals surface area contributed by atoms with Crippen molar-refractivity contribution in [1.82, 2.24) is 10.6 Å². The average molecular weight is 658 g/mol. The van der Waals surface area contributed by atoms with Crippen LogP contribution in [-0.4, -0.2) is 49.6 Å². The Hall–Kier alpha value is -2.38. The smallest absolute Gasteiger partial charge is 0.306 e. The second-order valence-electron chi connectivity index (χ2n) is 16.3. The number of fused-ring (bicyclic) bond motifs is 5. The molecular weight excluding hydrogens is 592 g/mol. The lowest BCUT2D eigenvalue weighted by Gasteiger charge is -2.58. The summed E-state index contributed by atoms with van der Waals surface area (Å²) in [6, 6.07) is -0.679. The normalized spacial score (nSPS) is 32.9. The highest BCUT2D eigenvalue weighted by Gasteiger charge is 2.59. The predicted molar refractivity (Wildman–Crippen MR) is 184 cm³/mol. The maximum atomic E-state index is 12.8. The number of hydrogen-bond donors (Lipinski definition) is 2. The molecule has 0 saturated heterocycles. The molecule has 9 atom stereocenters. The van der Waals surface area contributed by atoms with Crippen LogP contribution in [-0.2, 0) is 28.7 Å². The molecule has 0 aromatic carbocycles. The SMILES string of the molecule is [2H]CC(COC(=O)CCC(=O)NC)NC(=O)CCC(=O)O[C@H]1CC[C@@]2(C)C(=CCC3C2CC[C@@]2(C)C3CC[C@@H]2[C@H](C)CCCC(C)C)C1. The summed E-state index contributed by atoms with van der Waals surface area (Å²) in [4.78, 5) is 48.4. The zero-order valence-corrected chi connectivity index (χ0v) is 30.2. The second-order valence-corrected chi connectivity index (χ2v) is 16.3. The standard InChI is InChI=1S/C39H64N2O6/c1-25(2)9-8-10-26(3)31-13-14-32-30-12-11-28-23-29(19-21-38(28,5)33(30)20-22-39(31,32)6)47-37(45)18-16-35(43)41-27(4)24-46-36(44)17-15-34(42)40-7/h11,25-27,29-33H,8-10,12-24H2,1-7H3,(H,40,42)(H,41,43)/t26-,27?,29+,30?,31-,32?,33?,38+,39-/m1/s1/i4D. The second kappa shape index (κ2) is 16.3. The Balaban J connectivity index is 1.23. The van der Waals surface area contributed by atoms with Gasteiger partial charge in [0.15, 0.2) is 0 Å². The lowest BCUT2D eigenvalue weighted by atomic mass is 9.47. The zero-order chi connectivity index (χ0) is 35.1. The molecule has 0 heterocycles. The van der Waals surface area contributed by atoms with E-state index in [1.165, 1.54) is 57.6 Å². The van der Waals surface area contributed by atoms with E-state index in [0.717, 1.165) is 55.3 Å². The van der Waals surface area contributed by atoms with E-state index in [9.17, 15) is 19.2 Å². The van der Waals surface area contributed by atoms with Crippen molar-refractivity contribution in [2.24, 2.45) is 46.3 Å². The van der Waals surface area contributed by atoms with Gasteiger partial charge in [0.1, 0.15) is 12.7 Å². The minimum Gasteiger partial charge on any atom is -0.463 e. The molecule has 8 heteroatoms. The van der Waals surface area contributed by atoms with Gasteiger partial charge in [0.2, 0.25) is 11.8 Å². The largest absolute Gasteiger partial charge is 0.463 e. The first-order valence-corrected chi connectivity index (χ1v) is 18.6. The molecule has 4 aliphatic rings.